The number of tetrazole rings is 1. The lowest BCUT2D eigenvalue weighted by atomic mass is 9.89. The standard InChI is InChI=1S/C30H31ClN8O5/c1-43-29(41)19-5-3-4-6-24(35-27(40)12-7-18-14-21(31)8-11-26(18)39-17-33-37-38-39)28-32-16-25(36-28)23-10-9-22(15-20(23)13-19)34-30(42)44-2/h7-12,14-17,19,24H,3-6,13H2,1-2H3,(H,32,36)(H,34,42)(H,35,40)/b12-7+/t19-,24-/m0/s1. The van der Waals surface area contributed by atoms with Crippen molar-refractivity contribution in [3.05, 3.63) is 77.0 Å². The van der Waals surface area contributed by atoms with Gasteiger partial charge < -0.3 is 19.8 Å². The first-order chi connectivity index (χ1) is 21.3. The minimum Gasteiger partial charge on any atom is -0.469 e. The Kier molecular flexibility index (Phi) is 9.65. The first-order valence-corrected chi connectivity index (χ1v) is 14.3. The average Bonchev–Trinajstić information content (AvgIpc) is 3.73. The molecule has 0 fully saturated rings. The molecular formula is C30H31ClN8O5. The fourth-order valence-electron chi connectivity index (χ4n) is 5.20. The Hall–Kier alpha value is -5.04. The summed E-state index contributed by atoms with van der Waals surface area (Å²) >= 11 is 6.21. The third-order valence-corrected chi connectivity index (χ3v) is 7.60. The van der Waals surface area contributed by atoms with E-state index in [4.69, 9.17) is 21.1 Å². The smallest absolute Gasteiger partial charge is 0.411 e. The molecule has 3 N–H and O–H groups in total. The number of methoxy groups -OCH3 is 2. The van der Waals surface area contributed by atoms with Crippen LogP contribution in [0.3, 0.4) is 0 Å². The summed E-state index contributed by atoms with van der Waals surface area (Å²) in [5.74, 6) is -0.417. The SMILES string of the molecule is COC(=O)Nc1ccc2c(c1)C[C@@H](C(=O)OC)CCCC[C@H](NC(=O)/C=C/c1cc(Cl)ccc1-n1cnnn1)c1ncc-2[nH]1. The molecule has 0 aliphatic carbocycles. The van der Waals surface area contributed by atoms with Crippen molar-refractivity contribution in [2.75, 3.05) is 19.5 Å². The Morgan fingerprint density at radius 2 is 1.93 bits per heavy atom. The number of esters is 1. The molecule has 14 heteroatoms. The first kappa shape index (κ1) is 30.4. The van der Waals surface area contributed by atoms with Gasteiger partial charge in [-0.25, -0.2) is 9.78 Å². The molecule has 1 aliphatic rings. The van der Waals surface area contributed by atoms with Crippen molar-refractivity contribution in [2.45, 2.75) is 38.1 Å². The minimum absolute atomic E-state index is 0.304. The number of carbonyl (C=O) groups excluding carboxylic acids is 3. The summed E-state index contributed by atoms with van der Waals surface area (Å²) in [5.41, 5.74) is 4.21. The van der Waals surface area contributed by atoms with Gasteiger partial charge in [-0.05, 0) is 71.7 Å². The van der Waals surface area contributed by atoms with E-state index in [1.54, 1.807) is 36.5 Å². The highest BCUT2D eigenvalue weighted by atomic mass is 35.5. The van der Waals surface area contributed by atoms with Crippen molar-refractivity contribution in [3.63, 3.8) is 0 Å². The number of halogens is 1. The second kappa shape index (κ2) is 14.0. The molecule has 0 spiro atoms. The second-order valence-corrected chi connectivity index (χ2v) is 10.7. The number of hydrogen-bond acceptors (Lipinski definition) is 9. The lowest BCUT2D eigenvalue weighted by molar-refractivity contribution is -0.145. The number of ether oxygens (including phenoxy) is 2. The number of hydrogen-bond donors (Lipinski definition) is 3. The lowest BCUT2D eigenvalue weighted by Crippen LogP contribution is -2.28. The molecule has 2 bridgehead atoms. The second-order valence-electron chi connectivity index (χ2n) is 10.2. The molecule has 4 aromatic rings. The van der Waals surface area contributed by atoms with Crippen molar-refractivity contribution in [1.82, 2.24) is 35.5 Å². The fraction of sp³-hybridized carbons (Fsp3) is 0.300. The van der Waals surface area contributed by atoms with Crippen LogP contribution in [0.2, 0.25) is 5.02 Å². The number of aromatic amines is 1. The molecular weight excluding hydrogens is 588 g/mol. The number of carbonyl (C=O) groups is 3. The normalized spacial score (nSPS) is 16.7. The molecule has 2 amide bonds. The Bertz CT molecular complexity index is 1670. The molecule has 0 radical (unpaired) electrons. The number of nitrogens with zero attached hydrogens (tertiary/aromatic N) is 5. The molecule has 13 nitrogen and oxygen atoms in total. The topological polar surface area (TPSA) is 166 Å². The lowest BCUT2D eigenvalue weighted by Gasteiger charge is -2.20. The van der Waals surface area contributed by atoms with Crippen molar-refractivity contribution >= 4 is 41.3 Å². The van der Waals surface area contributed by atoms with Gasteiger partial charge in [0.05, 0.1) is 43.8 Å². The maximum absolute atomic E-state index is 13.2. The van der Waals surface area contributed by atoms with Crippen LogP contribution in [0.15, 0.2) is 55.0 Å². The number of aromatic nitrogens is 6. The van der Waals surface area contributed by atoms with Gasteiger partial charge in [-0.1, -0.05) is 30.5 Å². The molecule has 228 valence electrons. The minimum atomic E-state index is -0.596. The zero-order valence-corrected chi connectivity index (χ0v) is 24.9. The van der Waals surface area contributed by atoms with E-state index < -0.39 is 18.1 Å². The Morgan fingerprint density at radius 1 is 1.09 bits per heavy atom. The van der Waals surface area contributed by atoms with Gasteiger partial charge >= 0.3 is 12.1 Å². The number of imidazole rings is 1. The summed E-state index contributed by atoms with van der Waals surface area (Å²) in [4.78, 5) is 45.7. The maximum Gasteiger partial charge on any atom is 0.411 e. The van der Waals surface area contributed by atoms with Crippen molar-refractivity contribution in [3.8, 4) is 16.9 Å². The van der Waals surface area contributed by atoms with Crippen LogP contribution in [0.25, 0.3) is 23.0 Å². The number of nitrogens with one attached hydrogen (secondary N) is 3. The van der Waals surface area contributed by atoms with Crippen LogP contribution in [-0.4, -0.2) is 62.4 Å². The molecule has 5 rings (SSSR count). The van der Waals surface area contributed by atoms with Gasteiger partial charge in [0.1, 0.15) is 12.2 Å². The third kappa shape index (κ3) is 7.29. The highest BCUT2D eigenvalue weighted by Gasteiger charge is 2.25. The monoisotopic (exact) mass is 618 g/mol. The molecule has 3 heterocycles. The van der Waals surface area contributed by atoms with Crippen LogP contribution in [0.5, 0.6) is 0 Å². The summed E-state index contributed by atoms with van der Waals surface area (Å²) < 4.78 is 11.3. The summed E-state index contributed by atoms with van der Waals surface area (Å²) in [6.07, 6.45) is 8.70. The average molecular weight is 619 g/mol. The highest BCUT2D eigenvalue weighted by molar-refractivity contribution is 6.30. The zero-order valence-electron chi connectivity index (χ0n) is 24.1. The quantitative estimate of drug-likeness (QED) is 0.206. The largest absolute Gasteiger partial charge is 0.469 e. The number of fused-ring (bicyclic) bond motifs is 4. The summed E-state index contributed by atoms with van der Waals surface area (Å²) in [6, 6.07) is 10.2. The van der Waals surface area contributed by atoms with E-state index in [-0.39, 0.29) is 11.9 Å². The van der Waals surface area contributed by atoms with E-state index >= 15 is 0 Å². The summed E-state index contributed by atoms with van der Waals surface area (Å²) in [6.45, 7) is 0. The molecule has 2 atom stereocenters. The summed E-state index contributed by atoms with van der Waals surface area (Å²) in [5, 5.41) is 17.5. The first-order valence-electron chi connectivity index (χ1n) is 14.0. The molecule has 0 unspecified atom stereocenters. The number of H-pyrrole nitrogens is 1. The van der Waals surface area contributed by atoms with Gasteiger partial charge in [-0.3, -0.25) is 14.9 Å². The Morgan fingerprint density at radius 3 is 2.70 bits per heavy atom. The van der Waals surface area contributed by atoms with Crippen LogP contribution in [0, 0.1) is 5.92 Å². The molecule has 2 aromatic carbocycles. The Labute approximate surface area is 258 Å². The molecule has 44 heavy (non-hydrogen) atoms. The van der Waals surface area contributed by atoms with E-state index in [1.165, 1.54) is 31.3 Å². The van der Waals surface area contributed by atoms with Gasteiger partial charge in [0, 0.05) is 27.9 Å². The molecule has 0 saturated heterocycles. The van der Waals surface area contributed by atoms with E-state index in [0.717, 1.165) is 24.0 Å². The van der Waals surface area contributed by atoms with E-state index in [0.29, 0.717) is 52.7 Å². The van der Waals surface area contributed by atoms with Crippen LogP contribution < -0.4 is 10.6 Å². The zero-order chi connectivity index (χ0) is 31.1. The highest BCUT2D eigenvalue weighted by Crippen LogP contribution is 2.32. The number of amides is 2. The summed E-state index contributed by atoms with van der Waals surface area (Å²) in [7, 11) is 2.67. The van der Waals surface area contributed by atoms with Gasteiger partial charge in [-0.2, -0.15) is 4.68 Å². The Balaban J connectivity index is 1.41. The molecule has 0 saturated carbocycles. The fourth-order valence-corrected chi connectivity index (χ4v) is 5.38. The molecule has 2 aromatic heterocycles. The van der Waals surface area contributed by atoms with Crippen molar-refractivity contribution in [1.29, 1.82) is 0 Å². The van der Waals surface area contributed by atoms with E-state index in [9.17, 15) is 14.4 Å². The molecule has 1 aliphatic heterocycles. The van der Waals surface area contributed by atoms with Crippen LogP contribution in [0.1, 0.15) is 48.7 Å². The van der Waals surface area contributed by atoms with Gasteiger partial charge in [0.25, 0.3) is 0 Å². The number of benzene rings is 2. The van der Waals surface area contributed by atoms with E-state index in [1.807, 2.05) is 12.1 Å². The predicted octanol–water partition coefficient (Wildman–Crippen LogP) is 4.66. The van der Waals surface area contributed by atoms with Crippen LogP contribution >= 0.6 is 11.6 Å². The van der Waals surface area contributed by atoms with Crippen molar-refractivity contribution in [2.24, 2.45) is 5.92 Å². The number of rotatable bonds is 6. The van der Waals surface area contributed by atoms with E-state index in [2.05, 4.69) is 36.1 Å². The van der Waals surface area contributed by atoms with Crippen LogP contribution in [0.4, 0.5) is 10.5 Å². The van der Waals surface area contributed by atoms with Crippen molar-refractivity contribution < 1.29 is 23.9 Å². The predicted molar refractivity (Wildman–Crippen MR) is 162 cm³/mol. The maximum atomic E-state index is 13.2. The van der Waals surface area contributed by atoms with Gasteiger partial charge in [-0.15, -0.1) is 5.10 Å². The third-order valence-electron chi connectivity index (χ3n) is 7.37. The van der Waals surface area contributed by atoms with Gasteiger partial charge in [0.2, 0.25) is 5.91 Å². The van der Waals surface area contributed by atoms with Crippen LogP contribution in [-0.2, 0) is 25.5 Å². The number of anilines is 1. The van der Waals surface area contributed by atoms with Gasteiger partial charge in [0.15, 0.2) is 0 Å².